The monoisotopic (exact) mass is 395 g/mol. The van der Waals surface area contributed by atoms with E-state index in [1.54, 1.807) is 4.90 Å². The quantitative estimate of drug-likeness (QED) is 0.843. The number of carbonyl (C=O) groups excluding carboxylic acids is 1. The van der Waals surface area contributed by atoms with Crippen LogP contribution in [0.4, 0.5) is 4.79 Å². The number of carbonyl (C=O) groups is 1. The van der Waals surface area contributed by atoms with Crippen molar-refractivity contribution in [2.45, 2.75) is 71.3 Å². The molecule has 1 amide bonds. The van der Waals surface area contributed by atoms with E-state index in [4.69, 9.17) is 4.74 Å². The average Bonchev–Trinajstić information content (AvgIpc) is 3.00. The first-order chi connectivity index (χ1) is 12.4. The minimum Gasteiger partial charge on any atom is -0.444 e. The van der Waals surface area contributed by atoms with Crippen molar-refractivity contribution < 1.29 is 13.7 Å². The van der Waals surface area contributed by atoms with Crippen molar-refractivity contribution in [3.8, 4) is 0 Å². The third-order valence-electron chi connectivity index (χ3n) is 4.39. The first-order valence-corrected chi connectivity index (χ1v) is 10.6. The van der Waals surface area contributed by atoms with Crippen molar-refractivity contribution in [3.63, 3.8) is 0 Å². The highest BCUT2D eigenvalue weighted by molar-refractivity contribution is 7.84. The molecule has 1 N–H and O–H groups in total. The minimum absolute atomic E-state index is 0.124. The SMILES string of the molecule is Cc1ccc(C(N[S@@](=O)C(C)(C)C)[C@H]2CCN(C(=O)OC(C)(C)C)C2)nc1. The smallest absolute Gasteiger partial charge is 0.410 e. The van der Waals surface area contributed by atoms with Crippen LogP contribution in [-0.4, -0.2) is 43.6 Å². The summed E-state index contributed by atoms with van der Waals surface area (Å²) in [5, 5.41) is 0. The Kier molecular flexibility index (Phi) is 6.68. The Hall–Kier alpha value is -1.47. The molecule has 0 saturated carbocycles. The van der Waals surface area contributed by atoms with Crippen LogP contribution in [0.5, 0.6) is 0 Å². The molecule has 3 atom stereocenters. The maximum atomic E-state index is 12.7. The highest BCUT2D eigenvalue weighted by Crippen LogP contribution is 2.31. The third kappa shape index (κ3) is 6.28. The number of rotatable bonds is 4. The van der Waals surface area contributed by atoms with Crippen LogP contribution in [0.1, 0.15) is 65.3 Å². The van der Waals surface area contributed by atoms with E-state index in [-0.39, 0.29) is 22.8 Å². The van der Waals surface area contributed by atoms with Crippen LogP contribution < -0.4 is 4.72 Å². The predicted molar refractivity (Wildman–Crippen MR) is 109 cm³/mol. The van der Waals surface area contributed by atoms with E-state index in [9.17, 15) is 9.00 Å². The number of hydrogen-bond donors (Lipinski definition) is 1. The number of nitrogens with one attached hydrogen (secondary N) is 1. The molecular weight excluding hydrogens is 362 g/mol. The summed E-state index contributed by atoms with van der Waals surface area (Å²) in [4.78, 5) is 18.7. The van der Waals surface area contributed by atoms with Crippen LogP contribution >= 0.6 is 0 Å². The average molecular weight is 396 g/mol. The Labute approximate surface area is 165 Å². The Morgan fingerprint density at radius 1 is 1.30 bits per heavy atom. The molecule has 7 heteroatoms. The Balaban J connectivity index is 2.18. The number of aromatic nitrogens is 1. The van der Waals surface area contributed by atoms with Crippen molar-refractivity contribution in [3.05, 3.63) is 29.6 Å². The number of amides is 1. The molecule has 1 aliphatic heterocycles. The summed E-state index contributed by atoms with van der Waals surface area (Å²) in [6.07, 6.45) is 2.34. The second-order valence-corrected chi connectivity index (χ2v) is 11.2. The van der Waals surface area contributed by atoms with E-state index in [1.165, 1.54) is 0 Å². The molecule has 0 bridgehead atoms. The van der Waals surface area contributed by atoms with Gasteiger partial charge >= 0.3 is 6.09 Å². The Morgan fingerprint density at radius 2 is 1.96 bits per heavy atom. The lowest BCUT2D eigenvalue weighted by Gasteiger charge is -2.28. The Morgan fingerprint density at radius 3 is 2.48 bits per heavy atom. The molecule has 1 saturated heterocycles. The van der Waals surface area contributed by atoms with Crippen LogP contribution in [-0.2, 0) is 15.7 Å². The van der Waals surface area contributed by atoms with Crippen LogP contribution in [0.15, 0.2) is 18.3 Å². The molecule has 2 heterocycles. The van der Waals surface area contributed by atoms with Gasteiger partial charge < -0.3 is 9.64 Å². The summed E-state index contributed by atoms with van der Waals surface area (Å²) < 4.78 is 21.1. The zero-order chi connectivity index (χ0) is 20.4. The fourth-order valence-electron chi connectivity index (χ4n) is 2.91. The van der Waals surface area contributed by atoms with Crippen molar-refractivity contribution in [1.29, 1.82) is 0 Å². The number of hydrogen-bond acceptors (Lipinski definition) is 4. The summed E-state index contributed by atoms with van der Waals surface area (Å²) in [5.74, 6) is 0.124. The molecule has 1 unspecified atom stereocenters. The maximum Gasteiger partial charge on any atom is 0.410 e. The maximum absolute atomic E-state index is 12.7. The highest BCUT2D eigenvalue weighted by atomic mass is 32.2. The first kappa shape index (κ1) is 21.8. The van der Waals surface area contributed by atoms with Crippen molar-refractivity contribution in [2.24, 2.45) is 5.92 Å². The lowest BCUT2D eigenvalue weighted by Crippen LogP contribution is -2.40. The minimum atomic E-state index is -1.23. The lowest BCUT2D eigenvalue weighted by atomic mass is 9.96. The van der Waals surface area contributed by atoms with E-state index in [0.29, 0.717) is 13.1 Å². The zero-order valence-corrected chi connectivity index (χ0v) is 18.4. The van der Waals surface area contributed by atoms with Crippen LogP contribution in [0.2, 0.25) is 0 Å². The summed E-state index contributed by atoms with van der Waals surface area (Å²) in [6.45, 7) is 14.6. The van der Waals surface area contributed by atoms with Gasteiger partial charge in [-0.2, -0.15) is 0 Å². The van der Waals surface area contributed by atoms with Gasteiger partial charge in [0.2, 0.25) is 0 Å². The number of nitrogens with zero attached hydrogens (tertiary/aromatic N) is 2. The van der Waals surface area contributed by atoms with E-state index >= 15 is 0 Å². The zero-order valence-electron chi connectivity index (χ0n) is 17.5. The van der Waals surface area contributed by atoms with E-state index in [2.05, 4.69) is 9.71 Å². The molecule has 6 nitrogen and oxygen atoms in total. The lowest BCUT2D eigenvalue weighted by molar-refractivity contribution is 0.0286. The van der Waals surface area contributed by atoms with Gasteiger partial charge in [0, 0.05) is 25.2 Å². The van der Waals surface area contributed by atoms with Gasteiger partial charge in [0.05, 0.1) is 27.5 Å². The van der Waals surface area contributed by atoms with Crippen LogP contribution in [0.3, 0.4) is 0 Å². The van der Waals surface area contributed by atoms with Gasteiger partial charge in [0.1, 0.15) is 5.60 Å². The topological polar surface area (TPSA) is 71.5 Å². The van der Waals surface area contributed by atoms with Gasteiger partial charge in [-0.25, -0.2) is 13.7 Å². The van der Waals surface area contributed by atoms with Gasteiger partial charge in [0.25, 0.3) is 0 Å². The number of pyridine rings is 1. The standard InChI is InChI=1S/C20H33N3O3S/c1-14-8-9-16(21-12-14)17(22-27(25)20(5,6)7)15-10-11-23(13-15)18(24)26-19(2,3)4/h8-9,12,15,17,22H,10-11,13H2,1-7H3/t15-,17?,27-/m0/s1. The van der Waals surface area contributed by atoms with E-state index < -0.39 is 16.6 Å². The second-order valence-electron chi connectivity index (χ2n) is 9.21. The van der Waals surface area contributed by atoms with Crippen LogP contribution in [0, 0.1) is 12.8 Å². The van der Waals surface area contributed by atoms with Crippen molar-refractivity contribution >= 4 is 17.1 Å². The molecule has 1 fully saturated rings. The summed E-state index contributed by atoms with van der Waals surface area (Å²) in [7, 11) is -1.23. The number of ether oxygens (including phenoxy) is 1. The molecule has 0 aliphatic carbocycles. The van der Waals surface area contributed by atoms with Crippen LogP contribution in [0.25, 0.3) is 0 Å². The predicted octanol–water partition coefficient (Wildman–Crippen LogP) is 3.74. The third-order valence-corrected chi connectivity index (χ3v) is 5.97. The molecule has 1 aliphatic rings. The fourth-order valence-corrected chi connectivity index (χ4v) is 3.80. The fraction of sp³-hybridized carbons (Fsp3) is 0.700. The molecule has 0 spiro atoms. The summed E-state index contributed by atoms with van der Waals surface area (Å²) in [5.41, 5.74) is 1.42. The van der Waals surface area contributed by atoms with Gasteiger partial charge in [-0.05, 0) is 66.5 Å². The normalized spacial score (nSPS) is 20.4. The molecular formula is C20H33N3O3S. The van der Waals surface area contributed by atoms with Gasteiger partial charge in [-0.3, -0.25) is 4.98 Å². The molecule has 1 aromatic rings. The summed E-state index contributed by atoms with van der Waals surface area (Å²) in [6, 6.07) is 3.80. The second kappa shape index (κ2) is 8.27. The number of aryl methyl sites for hydroxylation is 1. The van der Waals surface area contributed by atoms with Crippen molar-refractivity contribution in [2.75, 3.05) is 13.1 Å². The number of likely N-dealkylation sites (tertiary alicyclic amines) is 1. The Bertz CT molecular complexity index is 677. The highest BCUT2D eigenvalue weighted by Gasteiger charge is 2.37. The van der Waals surface area contributed by atoms with Gasteiger partial charge in [0.15, 0.2) is 0 Å². The molecule has 27 heavy (non-hydrogen) atoms. The molecule has 0 radical (unpaired) electrons. The van der Waals surface area contributed by atoms with E-state index in [1.807, 2.05) is 66.8 Å². The molecule has 152 valence electrons. The van der Waals surface area contributed by atoms with Gasteiger partial charge in [-0.1, -0.05) is 6.07 Å². The molecule has 2 rings (SSSR count). The van der Waals surface area contributed by atoms with Gasteiger partial charge in [-0.15, -0.1) is 0 Å². The largest absolute Gasteiger partial charge is 0.444 e. The van der Waals surface area contributed by atoms with E-state index in [0.717, 1.165) is 17.7 Å². The molecule has 0 aromatic carbocycles. The van der Waals surface area contributed by atoms with Crippen molar-refractivity contribution in [1.82, 2.24) is 14.6 Å². The first-order valence-electron chi connectivity index (χ1n) is 9.45. The molecule has 1 aromatic heterocycles. The summed E-state index contributed by atoms with van der Waals surface area (Å²) >= 11 is 0.